The van der Waals surface area contributed by atoms with Gasteiger partial charge in [-0.05, 0) is 51.3 Å². The van der Waals surface area contributed by atoms with E-state index < -0.39 is 11.6 Å². The van der Waals surface area contributed by atoms with Crippen LogP contribution in [0.25, 0.3) is 0 Å². The number of hydrogen-bond acceptors (Lipinski definition) is 6. The van der Waals surface area contributed by atoms with Crippen molar-refractivity contribution in [1.29, 1.82) is 0 Å². The van der Waals surface area contributed by atoms with Crippen molar-refractivity contribution in [2.24, 2.45) is 4.99 Å². The highest BCUT2D eigenvalue weighted by molar-refractivity contribution is 6.00. The standard InChI is InChI=1S/C29H32F2N6O2/c1-6-8-26(35-25-11-12-33-15-21(25)29(38)32-5)34-18(4)27-17(3)28(19-9-10-19)37(36-27)16-22-23(30)13-20(39-7-2)14-24(22)31/h6,8,11-15,19H,1,7,9-10,16H2,2-5H3,(H,32,38)(H,33,35)/b26-8+,34-18+. The van der Waals surface area contributed by atoms with Crippen molar-refractivity contribution in [3.8, 4) is 5.75 Å². The number of pyridine rings is 1. The van der Waals surface area contributed by atoms with Crippen LogP contribution in [0.1, 0.15) is 65.5 Å². The molecule has 204 valence electrons. The maximum Gasteiger partial charge on any atom is 0.254 e. The molecule has 8 nitrogen and oxygen atoms in total. The number of aliphatic imine (C=N–C) groups is 1. The molecule has 1 amide bonds. The third-order valence-electron chi connectivity index (χ3n) is 6.40. The summed E-state index contributed by atoms with van der Waals surface area (Å²) in [6.07, 6.45) is 8.28. The van der Waals surface area contributed by atoms with Crippen LogP contribution in [0.15, 0.2) is 60.1 Å². The van der Waals surface area contributed by atoms with Crippen molar-refractivity contribution in [2.45, 2.75) is 46.1 Å². The molecule has 0 radical (unpaired) electrons. The van der Waals surface area contributed by atoms with E-state index in [0.29, 0.717) is 35.1 Å². The molecule has 1 fully saturated rings. The Labute approximate surface area is 226 Å². The van der Waals surface area contributed by atoms with Crippen LogP contribution >= 0.6 is 0 Å². The van der Waals surface area contributed by atoms with Crippen LogP contribution in [-0.4, -0.2) is 40.0 Å². The second-order valence-corrected chi connectivity index (χ2v) is 9.20. The molecule has 1 aliphatic carbocycles. The van der Waals surface area contributed by atoms with Gasteiger partial charge in [0.15, 0.2) is 0 Å². The molecule has 0 bridgehead atoms. The Morgan fingerprint density at radius 2 is 2.03 bits per heavy atom. The van der Waals surface area contributed by atoms with Gasteiger partial charge in [0.25, 0.3) is 5.91 Å². The normalized spacial score (nSPS) is 13.8. The first kappa shape index (κ1) is 27.7. The number of rotatable bonds is 11. The van der Waals surface area contributed by atoms with Gasteiger partial charge in [-0.25, -0.2) is 13.8 Å². The summed E-state index contributed by atoms with van der Waals surface area (Å²) in [7, 11) is 1.55. The summed E-state index contributed by atoms with van der Waals surface area (Å²) in [5.74, 6) is -0.774. The van der Waals surface area contributed by atoms with Crippen LogP contribution in [0.3, 0.4) is 0 Å². The molecule has 0 atom stereocenters. The van der Waals surface area contributed by atoms with Gasteiger partial charge in [0.2, 0.25) is 0 Å². The summed E-state index contributed by atoms with van der Waals surface area (Å²) >= 11 is 0. The maximum absolute atomic E-state index is 14.9. The number of benzene rings is 1. The van der Waals surface area contributed by atoms with Crippen molar-refractivity contribution in [1.82, 2.24) is 20.1 Å². The highest BCUT2D eigenvalue weighted by atomic mass is 19.1. The smallest absolute Gasteiger partial charge is 0.254 e. The first-order valence-corrected chi connectivity index (χ1v) is 12.8. The van der Waals surface area contributed by atoms with E-state index in [1.807, 2.05) is 13.8 Å². The van der Waals surface area contributed by atoms with Gasteiger partial charge in [0.1, 0.15) is 28.9 Å². The number of amides is 1. The van der Waals surface area contributed by atoms with E-state index in [0.717, 1.165) is 24.1 Å². The van der Waals surface area contributed by atoms with Gasteiger partial charge in [-0.15, -0.1) is 0 Å². The molecule has 10 heteroatoms. The van der Waals surface area contributed by atoms with Crippen LogP contribution in [0.2, 0.25) is 0 Å². The Morgan fingerprint density at radius 1 is 1.31 bits per heavy atom. The second kappa shape index (κ2) is 12.0. The predicted molar refractivity (Wildman–Crippen MR) is 147 cm³/mol. The predicted octanol–water partition coefficient (Wildman–Crippen LogP) is 5.50. The monoisotopic (exact) mass is 534 g/mol. The minimum atomic E-state index is -0.676. The van der Waals surface area contributed by atoms with Gasteiger partial charge < -0.3 is 15.4 Å². The van der Waals surface area contributed by atoms with Crippen LogP contribution in [0.4, 0.5) is 14.5 Å². The topological polar surface area (TPSA) is 93.4 Å². The Kier molecular flexibility index (Phi) is 8.53. The van der Waals surface area contributed by atoms with Gasteiger partial charge in [-0.2, -0.15) is 5.10 Å². The Balaban J connectivity index is 1.68. The molecule has 39 heavy (non-hydrogen) atoms. The number of nitrogens with zero attached hydrogens (tertiary/aromatic N) is 4. The number of halogens is 2. The Morgan fingerprint density at radius 3 is 2.64 bits per heavy atom. The number of carbonyl (C=O) groups is 1. The second-order valence-electron chi connectivity index (χ2n) is 9.20. The van der Waals surface area contributed by atoms with E-state index in [1.54, 1.807) is 43.1 Å². The average Bonchev–Trinajstić information content (AvgIpc) is 3.68. The van der Waals surface area contributed by atoms with Gasteiger partial charge in [-0.3, -0.25) is 14.5 Å². The van der Waals surface area contributed by atoms with E-state index >= 15 is 0 Å². The van der Waals surface area contributed by atoms with E-state index in [9.17, 15) is 13.6 Å². The van der Waals surface area contributed by atoms with Crippen LogP contribution in [0, 0.1) is 18.6 Å². The minimum Gasteiger partial charge on any atom is -0.494 e. The lowest BCUT2D eigenvalue weighted by atomic mass is 10.1. The fourth-order valence-corrected chi connectivity index (χ4v) is 4.44. The van der Waals surface area contributed by atoms with E-state index in [4.69, 9.17) is 14.8 Å². The molecule has 4 rings (SSSR count). The molecule has 0 spiro atoms. The zero-order valence-electron chi connectivity index (χ0n) is 22.5. The van der Waals surface area contributed by atoms with Crippen molar-refractivity contribution in [2.75, 3.05) is 19.0 Å². The lowest BCUT2D eigenvalue weighted by molar-refractivity contribution is 0.0963. The van der Waals surface area contributed by atoms with Crippen molar-refractivity contribution in [3.05, 3.63) is 94.9 Å². The van der Waals surface area contributed by atoms with Gasteiger partial charge >= 0.3 is 0 Å². The van der Waals surface area contributed by atoms with Crippen molar-refractivity contribution >= 4 is 17.3 Å². The molecule has 2 N–H and O–H groups in total. The third-order valence-corrected chi connectivity index (χ3v) is 6.40. The number of ether oxygens (including phenoxy) is 1. The van der Waals surface area contributed by atoms with E-state index in [2.05, 4.69) is 22.2 Å². The van der Waals surface area contributed by atoms with E-state index in [-0.39, 0.29) is 29.7 Å². The number of carbonyl (C=O) groups excluding carboxylic acids is 1. The Hall–Kier alpha value is -4.34. The summed E-state index contributed by atoms with van der Waals surface area (Å²) in [4.78, 5) is 21.0. The molecule has 1 aromatic carbocycles. The maximum atomic E-state index is 14.9. The number of nitrogens with one attached hydrogen (secondary N) is 2. The molecule has 2 aromatic heterocycles. The molecule has 0 saturated heterocycles. The van der Waals surface area contributed by atoms with Gasteiger partial charge in [0, 0.05) is 48.7 Å². The van der Waals surface area contributed by atoms with Crippen molar-refractivity contribution < 1.29 is 18.3 Å². The summed E-state index contributed by atoms with van der Waals surface area (Å²) < 4.78 is 36.7. The highest BCUT2D eigenvalue weighted by Gasteiger charge is 2.32. The lowest BCUT2D eigenvalue weighted by Crippen LogP contribution is -2.19. The fraction of sp³-hybridized carbons (Fsp3) is 0.310. The number of hydrogen-bond donors (Lipinski definition) is 2. The van der Waals surface area contributed by atoms with Crippen LogP contribution in [0.5, 0.6) is 5.75 Å². The summed E-state index contributed by atoms with van der Waals surface area (Å²) in [5.41, 5.74) is 3.90. The largest absolute Gasteiger partial charge is 0.494 e. The quantitative estimate of drug-likeness (QED) is 0.250. The van der Waals surface area contributed by atoms with Crippen LogP contribution in [-0.2, 0) is 6.54 Å². The molecule has 2 heterocycles. The first-order chi connectivity index (χ1) is 18.8. The molecule has 1 saturated carbocycles. The molecule has 0 unspecified atom stereocenters. The van der Waals surface area contributed by atoms with Gasteiger partial charge in [-0.1, -0.05) is 12.7 Å². The fourth-order valence-electron chi connectivity index (χ4n) is 4.44. The third kappa shape index (κ3) is 6.22. The number of anilines is 1. The molecular formula is C29H32F2N6O2. The SMILES string of the molecule is C=C/C=C(\N=C(/C)c1nn(Cc2c(F)cc(OCC)cc2F)c(C2CC2)c1C)Nc1ccncc1C(=O)NC. The Bertz CT molecular complexity index is 1430. The zero-order valence-corrected chi connectivity index (χ0v) is 22.5. The highest BCUT2D eigenvalue weighted by Crippen LogP contribution is 2.42. The lowest BCUT2D eigenvalue weighted by Gasteiger charge is -2.11. The zero-order chi connectivity index (χ0) is 28.1. The summed E-state index contributed by atoms with van der Waals surface area (Å²) in [6.45, 7) is 9.56. The minimum absolute atomic E-state index is 0.0515. The van der Waals surface area contributed by atoms with Crippen molar-refractivity contribution in [3.63, 3.8) is 0 Å². The molecular weight excluding hydrogens is 502 g/mol. The number of allylic oxidation sites excluding steroid dienone is 2. The molecule has 0 aliphatic heterocycles. The van der Waals surface area contributed by atoms with E-state index in [1.165, 1.54) is 18.3 Å². The molecule has 3 aromatic rings. The summed E-state index contributed by atoms with van der Waals surface area (Å²) in [5, 5.41) is 10.5. The van der Waals surface area contributed by atoms with Crippen LogP contribution < -0.4 is 15.4 Å². The number of aromatic nitrogens is 3. The van der Waals surface area contributed by atoms with Gasteiger partial charge in [0.05, 0.1) is 30.1 Å². The summed E-state index contributed by atoms with van der Waals surface area (Å²) in [6, 6.07) is 4.08. The first-order valence-electron chi connectivity index (χ1n) is 12.8. The molecule has 1 aliphatic rings. The average molecular weight is 535 g/mol.